The SMILES string of the molecule is CN(CC1CC2CCC1C2)C(=O)c1nc(Cl)ccc1Cl. The van der Waals surface area contributed by atoms with Crippen molar-refractivity contribution in [3.63, 3.8) is 0 Å². The number of carbonyl (C=O) groups is 1. The molecule has 3 unspecified atom stereocenters. The highest BCUT2D eigenvalue weighted by Gasteiger charge is 2.40. The summed E-state index contributed by atoms with van der Waals surface area (Å²) in [5.41, 5.74) is 0.254. The van der Waals surface area contributed by atoms with Crippen LogP contribution in [0.2, 0.25) is 10.2 Å². The minimum Gasteiger partial charge on any atom is -0.340 e. The van der Waals surface area contributed by atoms with Crippen LogP contribution >= 0.6 is 23.2 Å². The second-order valence-electron chi connectivity index (χ2n) is 6.09. The summed E-state index contributed by atoms with van der Waals surface area (Å²) < 4.78 is 0. The van der Waals surface area contributed by atoms with Crippen molar-refractivity contribution in [1.82, 2.24) is 9.88 Å². The number of hydrogen-bond donors (Lipinski definition) is 0. The highest BCUT2D eigenvalue weighted by Crippen LogP contribution is 2.48. The molecule has 0 saturated heterocycles. The predicted molar refractivity (Wildman–Crippen MR) is 80.2 cm³/mol. The van der Waals surface area contributed by atoms with Crippen LogP contribution in [0.1, 0.15) is 36.2 Å². The molecule has 1 amide bonds. The van der Waals surface area contributed by atoms with Crippen molar-refractivity contribution in [3.05, 3.63) is 28.0 Å². The van der Waals surface area contributed by atoms with Crippen LogP contribution in [0.15, 0.2) is 12.1 Å². The lowest BCUT2D eigenvalue weighted by Crippen LogP contribution is -2.34. The first-order valence-corrected chi connectivity index (χ1v) is 7.87. The van der Waals surface area contributed by atoms with Gasteiger partial charge in [0.2, 0.25) is 0 Å². The molecule has 20 heavy (non-hydrogen) atoms. The number of hydrogen-bond acceptors (Lipinski definition) is 2. The first-order chi connectivity index (χ1) is 9.54. The van der Waals surface area contributed by atoms with Gasteiger partial charge in [0, 0.05) is 13.6 Å². The van der Waals surface area contributed by atoms with Gasteiger partial charge in [-0.2, -0.15) is 0 Å². The molecule has 3 rings (SSSR count). The average molecular weight is 313 g/mol. The summed E-state index contributed by atoms with van der Waals surface area (Å²) in [6.07, 6.45) is 5.32. The highest BCUT2D eigenvalue weighted by molar-refractivity contribution is 6.34. The Morgan fingerprint density at radius 2 is 2.15 bits per heavy atom. The van der Waals surface area contributed by atoms with Crippen LogP contribution in [0.3, 0.4) is 0 Å². The molecule has 108 valence electrons. The van der Waals surface area contributed by atoms with E-state index in [1.54, 1.807) is 17.0 Å². The maximum Gasteiger partial charge on any atom is 0.273 e. The Morgan fingerprint density at radius 3 is 2.80 bits per heavy atom. The topological polar surface area (TPSA) is 33.2 Å². The third-order valence-corrected chi connectivity index (χ3v) is 5.27. The van der Waals surface area contributed by atoms with E-state index in [1.807, 2.05) is 7.05 Å². The first kappa shape index (κ1) is 14.2. The fourth-order valence-electron chi connectivity index (χ4n) is 3.78. The Kier molecular flexibility index (Phi) is 3.91. The fourth-order valence-corrected chi connectivity index (χ4v) is 4.12. The Hall–Kier alpha value is -0.800. The number of amides is 1. The minimum atomic E-state index is -0.139. The van der Waals surface area contributed by atoms with E-state index in [4.69, 9.17) is 23.2 Å². The Balaban J connectivity index is 1.69. The van der Waals surface area contributed by atoms with Crippen molar-refractivity contribution in [2.24, 2.45) is 17.8 Å². The van der Waals surface area contributed by atoms with Crippen LogP contribution in [0.4, 0.5) is 0 Å². The molecule has 0 radical (unpaired) electrons. The third-order valence-electron chi connectivity index (χ3n) is 4.75. The van der Waals surface area contributed by atoms with Gasteiger partial charge >= 0.3 is 0 Å². The summed E-state index contributed by atoms with van der Waals surface area (Å²) in [6, 6.07) is 3.21. The maximum atomic E-state index is 12.4. The molecule has 1 aromatic heterocycles. The number of rotatable bonds is 3. The number of nitrogens with zero attached hydrogens (tertiary/aromatic N) is 2. The molecule has 0 aliphatic heterocycles. The molecule has 1 aromatic rings. The largest absolute Gasteiger partial charge is 0.340 e. The molecular weight excluding hydrogens is 295 g/mol. The highest BCUT2D eigenvalue weighted by atomic mass is 35.5. The molecule has 3 atom stereocenters. The summed E-state index contributed by atoms with van der Waals surface area (Å²) in [6.45, 7) is 0.796. The summed E-state index contributed by atoms with van der Waals surface area (Å²) in [4.78, 5) is 18.2. The molecule has 2 aliphatic carbocycles. The van der Waals surface area contributed by atoms with Crippen LogP contribution < -0.4 is 0 Å². The molecule has 0 aromatic carbocycles. The zero-order valence-electron chi connectivity index (χ0n) is 11.5. The molecule has 2 fully saturated rings. The van der Waals surface area contributed by atoms with E-state index in [9.17, 15) is 4.79 Å². The second kappa shape index (κ2) is 5.53. The first-order valence-electron chi connectivity index (χ1n) is 7.12. The van der Waals surface area contributed by atoms with E-state index >= 15 is 0 Å². The summed E-state index contributed by atoms with van der Waals surface area (Å²) in [7, 11) is 1.83. The minimum absolute atomic E-state index is 0.139. The fraction of sp³-hybridized carbons (Fsp3) is 0.600. The predicted octanol–water partition coefficient (Wildman–Crippen LogP) is 3.90. The zero-order valence-corrected chi connectivity index (χ0v) is 13.0. The van der Waals surface area contributed by atoms with E-state index < -0.39 is 0 Å². The van der Waals surface area contributed by atoms with Crippen LogP contribution in [-0.2, 0) is 0 Å². The monoisotopic (exact) mass is 312 g/mol. The Bertz CT molecular complexity index is 535. The number of pyridine rings is 1. The summed E-state index contributed by atoms with van der Waals surface area (Å²) in [5, 5.41) is 0.658. The summed E-state index contributed by atoms with van der Waals surface area (Å²) >= 11 is 11.9. The van der Waals surface area contributed by atoms with Gasteiger partial charge < -0.3 is 4.90 Å². The molecule has 2 bridgehead atoms. The van der Waals surface area contributed by atoms with Crippen LogP contribution in [-0.4, -0.2) is 29.4 Å². The van der Waals surface area contributed by atoms with E-state index in [0.29, 0.717) is 16.1 Å². The molecular formula is C15H18Cl2N2O. The number of fused-ring (bicyclic) bond motifs is 2. The Labute approximate surface area is 129 Å². The molecule has 0 spiro atoms. The Morgan fingerprint density at radius 1 is 1.35 bits per heavy atom. The average Bonchev–Trinajstić information content (AvgIpc) is 3.03. The van der Waals surface area contributed by atoms with Crippen LogP contribution in [0.25, 0.3) is 0 Å². The molecule has 1 heterocycles. The number of halogens is 2. The lowest BCUT2D eigenvalue weighted by atomic mass is 9.88. The third kappa shape index (κ3) is 2.66. The standard InChI is InChI=1S/C15H18Cl2N2O/c1-19(8-11-7-9-2-3-10(11)6-9)15(20)14-12(16)4-5-13(17)18-14/h4-5,9-11H,2-3,6-8H2,1H3. The van der Waals surface area contributed by atoms with Gasteiger partial charge in [-0.05, 0) is 49.1 Å². The molecule has 2 saturated carbocycles. The lowest BCUT2D eigenvalue weighted by Gasteiger charge is -2.27. The van der Waals surface area contributed by atoms with E-state index in [-0.39, 0.29) is 11.6 Å². The lowest BCUT2D eigenvalue weighted by molar-refractivity contribution is 0.0748. The second-order valence-corrected chi connectivity index (χ2v) is 6.88. The number of aromatic nitrogens is 1. The van der Waals surface area contributed by atoms with Crippen molar-refractivity contribution in [1.29, 1.82) is 0 Å². The van der Waals surface area contributed by atoms with Gasteiger partial charge in [0.05, 0.1) is 5.02 Å². The zero-order chi connectivity index (χ0) is 14.3. The van der Waals surface area contributed by atoms with E-state index in [1.165, 1.54) is 25.7 Å². The normalized spacial score (nSPS) is 27.9. The van der Waals surface area contributed by atoms with Crippen molar-refractivity contribution >= 4 is 29.1 Å². The van der Waals surface area contributed by atoms with Gasteiger partial charge in [-0.3, -0.25) is 4.79 Å². The van der Waals surface area contributed by atoms with Gasteiger partial charge in [-0.15, -0.1) is 0 Å². The van der Waals surface area contributed by atoms with E-state index in [2.05, 4.69) is 4.98 Å². The maximum absolute atomic E-state index is 12.4. The van der Waals surface area contributed by atoms with Gasteiger partial charge in [0.15, 0.2) is 0 Å². The van der Waals surface area contributed by atoms with Gasteiger partial charge in [0.1, 0.15) is 10.8 Å². The van der Waals surface area contributed by atoms with Crippen LogP contribution in [0, 0.1) is 17.8 Å². The molecule has 3 nitrogen and oxygen atoms in total. The molecule has 0 N–H and O–H groups in total. The quantitative estimate of drug-likeness (QED) is 0.793. The van der Waals surface area contributed by atoms with Gasteiger partial charge in [0.25, 0.3) is 5.91 Å². The molecule has 5 heteroatoms. The van der Waals surface area contributed by atoms with Crippen molar-refractivity contribution in [2.75, 3.05) is 13.6 Å². The number of carbonyl (C=O) groups excluding carboxylic acids is 1. The van der Waals surface area contributed by atoms with Crippen molar-refractivity contribution in [2.45, 2.75) is 25.7 Å². The van der Waals surface area contributed by atoms with E-state index in [0.717, 1.165) is 18.4 Å². The summed E-state index contributed by atoms with van der Waals surface area (Å²) in [5.74, 6) is 2.19. The van der Waals surface area contributed by atoms with Crippen molar-refractivity contribution in [3.8, 4) is 0 Å². The van der Waals surface area contributed by atoms with Gasteiger partial charge in [-0.25, -0.2) is 4.98 Å². The van der Waals surface area contributed by atoms with Gasteiger partial charge in [-0.1, -0.05) is 29.6 Å². The molecule has 2 aliphatic rings. The smallest absolute Gasteiger partial charge is 0.273 e. The van der Waals surface area contributed by atoms with Crippen LogP contribution in [0.5, 0.6) is 0 Å². The van der Waals surface area contributed by atoms with Crippen molar-refractivity contribution < 1.29 is 4.79 Å².